The number of aryl methyl sites for hydroxylation is 2. The lowest BCUT2D eigenvalue weighted by Crippen LogP contribution is -2.34. The van der Waals surface area contributed by atoms with Crippen LogP contribution < -0.4 is 10.6 Å². The first kappa shape index (κ1) is 21.6. The van der Waals surface area contributed by atoms with E-state index in [1.54, 1.807) is 55.3 Å². The lowest BCUT2D eigenvalue weighted by atomic mass is 10.1. The van der Waals surface area contributed by atoms with Crippen molar-refractivity contribution in [2.75, 3.05) is 5.32 Å². The Morgan fingerprint density at radius 2 is 2.03 bits per heavy atom. The molecule has 2 aromatic heterocycles. The molecule has 32 heavy (non-hydrogen) atoms. The lowest BCUT2D eigenvalue weighted by molar-refractivity contribution is 0.249. The third kappa shape index (κ3) is 5.00. The van der Waals surface area contributed by atoms with Crippen LogP contribution >= 0.6 is 11.3 Å². The Morgan fingerprint density at radius 3 is 2.75 bits per heavy atom. The largest absolute Gasteiger partial charge is 0.336 e. The molecule has 2 heterocycles. The summed E-state index contributed by atoms with van der Waals surface area (Å²) in [5.74, 6) is -0.0876. The minimum absolute atomic E-state index is 0.248. The summed E-state index contributed by atoms with van der Waals surface area (Å²) >= 11 is 1.31. The second-order valence-corrected chi connectivity index (χ2v) is 8.49. The Balaban J connectivity index is 1.47. The highest BCUT2D eigenvalue weighted by Gasteiger charge is 2.22. The number of urea groups is 1. The summed E-state index contributed by atoms with van der Waals surface area (Å²) in [6.45, 7) is 1.72. The number of halogens is 2. The van der Waals surface area contributed by atoms with Gasteiger partial charge in [-0.2, -0.15) is 0 Å². The number of hydrogen-bond donors (Lipinski definition) is 2. The van der Waals surface area contributed by atoms with Gasteiger partial charge in [-0.3, -0.25) is 5.32 Å². The maximum Gasteiger partial charge on any atom is 0.321 e. The molecule has 0 aliphatic heterocycles. The fourth-order valence-electron chi connectivity index (χ4n) is 3.30. The molecular weight excluding hydrogens is 432 g/mol. The van der Waals surface area contributed by atoms with Crippen LogP contribution in [0.5, 0.6) is 0 Å². The quantitative estimate of drug-likeness (QED) is 0.433. The number of carbonyl (C=O) groups excluding carboxylic acids is 1. The van der Waals surface area contributed by atoms with Gasteiger partial charge in [-0.05, 0) is 41.8 Å². The molecule has 2 N–H and O–H groups in total. The first-order valence-electron chi connectivity index (χ1n) is 9.89. The molecule has 0 saturated heterocycles. The van der Waals surface area contributed by atoms with Crippen molar-refractivity contribution < 1.29 is 13.6 Å². The van der Waals surface area contributed by atoms with Crippen LogP contribution in [0.4, 0.5) is 18.7 Å². The average molecular weight is 454 g/mol. The SMILES string of the molecule is Cc1ccc(Cc2cnc(NC(=O)NC(c3cccc(F)c3)c3nccn3C)s2)cc1F. The zero-order valence-electron chi connectivity index (χ0n) is 17.5. The Bertz CT molecular complexity index is 1250. The topological polar surface area (TPSA) is 71.8 Å². The van der Waals surface area contributed by atoms with Crippen LogP contribution in [0, 0.1) is 18.6 Å². The van der Waals surface area contributed by atoms with Crippen LogP contribution in [0.2, 0.25) is 0 Å². The molecule has 9 heteroatoms. The Kier molecular flexibility index (Phi) is 6.27. The first-order valence-corrected chi connectivity index (χ1v) is 10.7. The smallest absolute Gasteiger partial charge is 0.321 e. The summed E-state index contributed by atoms with van der Waals surface area (Å²) in [7, 11) is 1.80. The van der Waals surface area contributed by atoms with Gasteiger partial charge in [0.1, 0.15) is 23.5 Å². The van der Waals surface area contributed by atoms with Crippen molar-refractivity contribution in [3.05, 3.63) is 100 Å². The van der Waals surface area contributed by atoms with E-state index in [0.717, 1.165) is 10.4 Å². The Labute approximate surface area is 188 Å². The summed E-state index contributed by atoms with van der Waals surface area (Å²) < 4.78 is 29.3. The highest BCUT2D eigenvalue weighted by molar-refractivity contribution is 7.15. The monoisotopic (exact) mass is 453 g/mol. The second kappa shape index (κ2) is 9.27. The number of aromatic nitrogens is 3. The molecule has 0 radical (unpaired) electrons. The number of carbonyl (C=O) groups is 1. The summed E-state index contributed by atoms with van der Waals surface area (Å²) in [4.78, 5) is 22.1. The fraction of sp³-hybridized carbons (Fsp3) is 0.174. The van der Waals surface area contributed by atoms with Crippen molar-refractivity contribution in [3.63, 3.8) is 0 Å². The molecule has 2 aromatic carbocycles. The van der Waals surface area contributed by atoms with Crippen LogP contribution in [-0.2, 0) is 13.5 Å². The molecule has 1 unspecified atom stereocenters. The van der Waals surface area contributed by atoms with Crippen LogP contribution in [0.25, 0.3) is 0 Å². The van der Waals surface area contributed by atoms with Crippen molar-refractivity contribution in [1.29, 1.82) is 0 Å². The van der Waals surface area contributed by atoms with Gasteiger partial charge in [-0.25, -0.2) is 23.5 Å². The van der Waals surface area contributed by atoms with Crippen LogP contribution in [0.3, 0.4) is 0 Å². The summed E-state index contributed by atoms with van der Waals surface area (Å²) in [6.07, 6.45) is 5.53. The van der Waals surface area contributed by atoms with E-state index in [2.05, 4.69) is 20.6 Å². The molecule has 164 valence electrons. The van der Waals surface area contributed by atoms with E-state index >= 15 is 0 Å². The van der Waals surface area contributed by atoms with Gasteiger partial charge < -0.3 is 9.88 Å². The predicted molar refractivity (Wildman–Crippen MR) is 120 cm³/mol. The number of amides is 2. The number of hydrogen-bond acceptors (Lipinski definition) is 4. The fourth-order valence-corrected chi connectivity index (χ4v) is 4.14. The number of nitrogens with one attached hydrogen (secondary N) is 2. The molecule has 0 bridgehead atoms. The zero-order valence-corrected chi connectivity index (χ0v) is 18.3. The van der Waals surface area contributed by atoms with Crippen molar-refractivity contribution in [1.82, 2.24) is 19.9 Å². The van der Waals surface area contributed by atoms with Gasteiger partial charge in [-0.1, -0.05) is 24.3 Å². The van der Waals surface area contributed by atoms with E-state index in [0.29, 0.717) is 28.5 Å². The van der Waals surface area contributed by atoms with E-state index in [1.807, 2.05) is 6.07 Å². The highest BCUT2D eigenvalue weighted by atomic mass is 32.1. The summed E-state index contributed by atoms with van der Waals surface area (Å²) in [6, 6.07) is 9.98. The number of imidazole rings is 1. The molecule has 0 fully saturated rings. The molecule has 1 atom stereocenters. The van der Waals surface area contributed by atoms with E-state index in [1.165, 1.54) is 29.5 Å². The first-order chi connectivity index (χ1) is 15.4. The molecule has 4 rings (SSSR count). The number of benzene rings is 2. The van der Waals surface area contributed by atoms with Crippen molar-refractivity contribution in [2.24, 2.45) is 7.05 Å². The van der Waals surface area contributed by atoms with Gasteiger partial charge in [0.25, 0.3) is 0 Å². The van der Waals surface area contributed by atoms with E-state index in [4.69, 9.17) is 0 Å². The Morgan fingerprint density at radius 1 is 1.19 bits per heavy atom. The number of rotatable bonds is 6. The molecule has 0 aliphatic carbocycles. The maximum atomic E-state index is 13.8. The van der Waals surface area contributed by atoms with Gasteiger partial charge in [0, 0.05) is 36.9 Å². The second-order valence-electron chi connectivity index (χ2n) is 7.37. The van der Waals surface area contributed by atoms with Crippen molar-refractivity contribution >= 4 is 22.5 Å². The average Bonchev–Trinajstić information content (AvgIpc) is 3.37. The standard InChI is InChI=1S/C23H21F2N5OS/c1-14-6-7-15(11-19(14)25)10-18-13-27-23(32-18)29-22(31)28-20(21-26-8-9-30(21)2)16-4-3-5-17(24)12-16/h3-9,11-13,20H,10H2,1-2H3,(H2,27,28,29,31). The maximum absolute atomic E-state index is 13.8. The van der Waals surface area contributed by atoms with Crippen LogP contribution in [0.1, 0.15) is 33.4 Å². The van der Waals surface area contributed by atoms with Gasteiger partial charge >= 0.3 is 6.03 Å². The summed E-state index contributed by atoms with van der Waals surface area (Å²) in [5.41, 5.74) is 1.99. The molecular formula is C23H21F2N5OS. The van der Waals surface area contributed by atoms with Crippen LogP contribution in [-0.4, -0.2) is 20.6 Å². The number of nitrogens with zero attached hydrogens (tertiary/aromatic N) is 3. The van der Waals surface area contributed by atoms with Gasteiger partial charge in [0.2, 0.25) is 0 Å². The Hall–Kier alpha value is -3.59. The number of anilines is 1. The molecule has 0 saturated carbocycles. The molecule has 0 spiro atoms. The molecule has 0 aliphatic rings. The molecule has 2 amide bonds. The molecule has 4 aromatic rings. The summed E-state index contributed by atoms with van der Waals surface area (Å²) in [5, 5.41) is 5.96. The van der Waals surface area contributed by atoms with Crippen molar-refractivity contribution in [2.45, 2.75) is 19.4 Å². The highest BCUT2D eigenvalue weighted by Crippen LogP contribution is 2.24. The van der Waals surface area contributed by atoms with E-state index in [9.17, 15) is 13.6 Å². The third-order valence-electron chi connectivity index (χ3n) is 4.96. The van der Waals surface area contributed by atoms with Crippen LogP contribution in [0.15, 0.2) is 61.1 Å². The zero-order chi connectivity index (χ0) is 22.7. The van der Waals surface area contributed by atoms with Gasteiger partial charge in [-0.15, -0.1) is 11.3 Å². The normalized spacial score (nSPS) is 11.9. The third-order valence-corrected chi connectivity index (χ3v) is 5.88. The van der Waals surface area contributed by atoms with Crippen molar-refractivity contribution in [3.8, 4) is 0 Å². The van der Waals surface area contributed by atoms with Gasteiger partial charge in [0.05, 0.1) is 0 Å². The minimum Gasteiger partial charge on any atom is -0.336 e. The van der Waals surface area contributed by atoms with Gasteiger partial charge in [0.15, 0.2) is 5.13 Å². The minimum atomic E-state index is -0.652. The lowest BCUT2D eigenvalue weighted by Gasteiger charge is -2.19. The molecule has 6 nitrogen and oxygen atoms in total. The predicted octanol–water partition coefficient (Wildman–Crippen LogP) is 4.97. The van der Waals surface area contributed by atoms with E-state index in [-0.39, 0.29) is 5.82 Å². The van der Waals surface area contributed by atoms with E-state index < -0.39 is 17.9 Å². The number of thiazole rings is 1.